The normalized spacial score (nSPS) is 17.8. The topological polar surface area (TPSA) is 41.3 Å². The molecule has 0 amide bonds. The average molecular weight is 293 g/mol. The van der Waals surface area contributed by atoms with Crippen LogP contribution in [0.1, 0.15) is 71.1 Å². The van der Waals surface area contributed by atoms with E-state index in [0.717, 1.165) is 13.1 Å². The highest BCUT2D eigenvalue weighted by atomic mass is 15.3. The summed E-state index contributed by atoms with van der Waals surface area (Å²) in [7, 11) is 0. The molecule has 1 aliphatic heterocycles. The summed E-state index contributed by atoms with van der Waals surface area (Å²) in [5.74, 6) is 0. The molecule has 122 valence electrons. The van der Waals surface area contributed by atoms with Gasteiger partial charge in [-0.25, -0.2) is 0 Å². The Bertz CT molecular complexity index is 286. The van der Waals surface area contributed by atoms with Gasteiger partial charge in [-0.15, -0.1) is 0 Å². The van der Waals surface area contributed by atoms with Crippen LogP contribution < -0.4 is 11.1 Å². The molecule has 0 saturated heterocycles. The SMILES string of the molecule is CCCCC/C=C/CCCCCCC1NC=CN1CCN. The minimum absolute atomic E-state index is 0.479. The Hall–Kier alpha value is -0.960. The summed E-state index contributed by atoms with van der Waals surface area (Å²) in [6, 6.07) is 0. The second-order valence-electron chi connectivity index (χ2n) is 5.98. The monoisotopic (exact) mass is 293 g/mol. The summed E-state index contributed by atoms with van der Waals surface area (Å²) in [4.78, 5) is 2.32. The summed E-state index contributed by atoms with van der Waals surface area (Å²) >= 11 is 0. The Morgan fingerprint density at radius 2 is 1.76 bits per heavy atom. The Balaban J connectivity index is 1.88. The summed E-state index contributed by atoms with van der Waals surface area (Å²) in [6.45, 7) is 3.94. The highest BCUT2D eigenvalue weighted by Gasteiger charge is 2.16. The van der Waals surface area contributed by atoms with Crippen molar-refractivity contribution in [2.45, 2.75) is 77.3 Å². The van der Waals surface area contributed by atoms with E-state index in [-0.39, 0.29) is 0 Å². The zero-order chi connectivity index (χ0) is 15.2. The molecule has 1 rings (SSSR count). The van der Waals surface area contributed by atoms with Crippen LogP contribution in [0.5, 0.6) is 0 Å². The lowest BCUT2D eigenvalue weighted by Crippen LogP contribution is -2.37. The Morgan fingerprint density at radius 1 is 1.05 bits per heavy atom. The van der Waals surface area contributed by atoms with Gasteiger partial charge in [0.05, 0.1) is 6.17 Å². The van der Waals surface area contributed by atoms with Crippen LogP contribution in [0.3, 0.4) is 0 Å². The highest BCUT2D eigenvalue weighted by Crippen LogP contribution is 2.13. The van der Waals surface area contributed by atoms with Gasteiger partial charge in [-0.2, -0.15) is 0 Å². The maximum Gasteiger partial charge on any atom is 0.0981 e. The van der Waals surface area contributed by atoms with Crippen molar-refractivity contribution in [1.82, 2.24) is 10.2 Å². The van der Waals surface area contributed by atoms with E-state index in [4.69, 9.17) is 5.73 Å². The average Bonchev–Trinajstić information content (AvgIpc) is 2.92. The van der Waals surface area contributed by atoms with Gasteiger partial charge in [0, 0.05) is 25.5 Å². The predicted molar refractivity (Wildman–Crippen MR) is 92.8 cm³/mol. The molecule has 21 heavy (non-hydrogen) atoms. The van der Waals surface area contributed by atoms with E-state index in [2.05, 4.69) is 35.5 Å². The second-order valence-corrected chi connectivity index (χ2v) is 5.98. The standard InChI is InChI=1S/C18H35N3/c1-2-3-4-5-6-7-8-9-10-11-12-13-18-20-15-17-21(18)16-14-19/h6-7,15,17-18,20H,2-5,8-14,16,19H2,1H3/b7-6+. The van der Waals surface area contributed by atoms with E-state index < -0.39 is 0 Å². The van der Waals surface area contributed by atoms with Gasteiger partial charge in [0.1, 0.15) is 0 Å². The molecule has 3 nitrogen and oxygen atoms in total. The van der Waals surface area contributed by atoms with Gasteiger partial charge in [0.2, 0.25) is 0 Å². The first kappa shape index (κ1) is 18.1. The van der Waals surface area contributed by atoms with Crippen LogP contribution >= 0.6 is 0 Å². The van der Waals surface area contributed by atoms with Gasteiger partial charge < -0.3 is 16.0 Å². The van der Waals surface area contributed by atoms with Gasteiger partial charge in [-0.3, -0.25) is 0 Å². The number of unbranched alkanes of at least 4 members (excludes halogenated alkanes) is 7. The number of hydrogen-bond acceptors (Lipinski definition) is 3. The molecule has 0 aromatic carbocycles. The van der Waals surface area contributed by atoms with Gasteiger partial charge in [-0.05, 0) is 38.5 Å². The molecule has 0 bridgehead atoms. The number of nitrogens with two attached hydrogens (primary N) is 1. The Morgan fingerprint density at radius 3 is 2.48 bits per heavy atom. The van der Waals surface area contributed by atoms with Crippen LogP contribution in [-0.2, 0) is 0 Å². The van der Waals surface area contributed by atoms with Crippen molar-refractivity contribution >= 4 is 0 Å². The van der Waals surface area contributed by atoms with Gasteiger partial charge in [-0.1, -0.05) is 44.8 Å². The van der Waals surface area contributed by atoms with Gasteiger partial charge in [0.25, 0.3) is 0 Å². The fourth-order valence-electron chi connectivity index (χ4n) is 2.78. The largest absolute Gasteiger partial charge is 0.370 e. The molecule has 0 spiro atoms. The predicted octanol–water partition coefficient (Wildman–Crippen LogP) is 4.12. The fraction of sp³-hybridized carbons (Fsp3) is 0.778. The van der Waals surface area contributed by atoms with Crippen molar-refractivity contribution < 1.29 is 0 Å². The molecule has 0 aliphatic carbocycles. The van der Waals surface area contributed by atoms with Crippen molar-refractivity contribution in [3.63, 3.8) is 0 Å². The maximum atomic E-state index is 5.62. The lowest BCUT2D eigenvalue weighted by molar-refractivity contribution is 0.264. The lowest BCUT2D eigenvalue weighted by Gasteiger charge is -2.25. The molecule has 0 aromatic heterocycles. The molecule has 1 atom stereocenters. The van der Waals surface area contributed by atoms with Crippen LogP contribution in [0.25, 0.3) is 0 Å². The summed E-state index contributed by atoms with van der Waals surface area (Å²) < 4.78 is 0. The van der Waals surface area contributed by atoms with Crippen molar-refractivity contribution in [1.29, 1.82) is 0 Å². The second kappa shape index (κ2) is 12.8. The van der Waals surface area contributed by atoms with E-state index in [1.165, 1.54) is 64.2 Å². The highest BCUT2D eigenvalue weighted by molar-refractivity contribution is 4.94. The molecule has 3 N–H and O–H groups in total. The smallest absolute Gasteiger partial charge is 0.0981 e. The Labute approximate surface area is 131 Å². The first-order chi connectivity index (χ1) is 10.4. The molecular weight excluding hydrogens is 258 g/mol. The van der Waals surface area contributed by atoms with Crippen LogP contribution in [-0.4, -0.2) is 24.2 Å². The fourth-order valence-corrected chi connectivity index (χ4v) is 2.78. The minimum atomic E-state index is 0.479. The van der Waals surface area contributed by atoms with Crippen LogP contribution in [0.15, 0.2) is 24.6 Å². The van der Waals surface area contributed by atoms with Crippen LogP contribution in [0.4, 0.5) is 0 Å². The molecule has 0 saturated carbocycles. The lowest BCUT2D eigenvalue weighted by atomic mass is 10.1. The third kappa shape index (κ3) is 8.82. The third-order valence-electron chi connectivity index (χ3n) is 4.08. The molecular formula is C18H35N3. The van der Waals surface area contributed by atoms with Crippen molar-refractivity contribution in [3.05, 3.63) is 24.6 Å². The zero-order valence-electron chi connectivity index (χ0n) is 13.9. The van der Waals surface area contributed by atoms with E-state index in [0.29, 0.717) is 6.17 Å². The van der Waals surface area contributed by atoms with E-state index >= 15 is 0 Å². The number of nitrogens with one attached hydrogen (secondary N) is 1. The van der Waals surface area contributed by atoms with E-state index in [9.17, 15) is 0 Å². The first-order valence-electron chi connectivity index (χ1n) is 8.92. The summed E-state index contributed by atoms with van der Waals surface area (Å²) in [5.41, 5.74) is 5.62. The summed E-state index contributed by atoms with van der Waals surface area (Å²) in [6.07, 6.45) is 22.5. The van der Waals surface area contributed by atoms with Gasteiger partial charge in [0.15, 0.2) is 0 Å². The first-order valence-corrected chi connectivity index (χ1v) is 8.92. The number of nitrogens with zero attached hydrogens (tertiary/aromatic N) is 1. The third-order valence-corrected chi connectivity index (χ3v) is 4.08. The molecule has 1 unspecified atom stereocenters. The van der Waals surface area contributed by atoms with E-state index in [1.54, 1.807) is 0 Å². The number of allylic oxidation sites excluding steroid dienone is 2. The molecule has 1 aliphatic rings. The summed E-state index contributed by atoms with van der Waals surface area (Å²) in [5, 5.41) is 3.41. The molecule has 0 aromatic rings. The van der Waals surface area contributed by atoms with Crippen LogP contribution in [0, 0.1) is 0 Å². The minimum Gasteiger partial charge on any atom is -0.370 e. The Kier molecular flexibility index (Phi) is 11.0. The number of hydrogen-bond donors (Lipinski definition) is 2. The maximum absolute atomic E-state index is 5.62. The molecule has 3 heteroatoms. The number of rotatable bonds is 13. The zero-order valence-corrected chi connectivity index (χ0v) is 13.9. The van der Waals surface area contributed by atoms with Crippen molar-refractivity contribution in [2.24, 2.45) is 5.73 Å². The van der Waals surface area contributed by atoms with E-state index in [1.807, 2.05) is 6.20 Å². The molecule has 0 fully saturated rings. The quantitative estimate of drug-likeness (QED) is 0.396. The van der Waals surface area contributed by atoms with Crippen molar-refractivity contribution in [3.8, 4) is 0 Å². The molecule has 0 radical (unpaired) electrons. The van der Waals surface area contributed by atoms with Gasteiger partial charge >= 0.3 is 0 Å². The van der Waals surface area contributed by atoms with Crippen LogP contribution in [0.2, 0.25) is 0 Å². The molecule has 1 heterocycles. The van der Waals surface area contributed by atoms with Crippen molar-refractivity contribution in [2.75, 3.05) is 13.1 Å².